The van der Waals surface area contributed by atoms with Crippen molar-refractivity contribution in [3.05, 3.63) is 53.6 Å². The molecule has 154 valence electrons. The van der Waals surface area contributed by atoms with Gasteiger partial charge in [-0.15, -0.1) is 0 Å². The molecule has 1 aliphatic rings. The molecule has 1 heterocycles. The fourth-order valence-electron chi connectivity index (χ4n) is 3.64. The first-order chi connectivity index (χ1) is 13.7. The summed E-state index contributed by atoms with van der Waals surface area (Å²) in [6.45, 7) is 5.61. The molecule has 0 aromatic heterocycles. The second kappa shape index (κ2) is 8.37. The number of nitrogens with zero attached hydrogens (tertiary/aromatic N) is 1. The second-order valence-corrected chi connectivity index (χ2v) is 9.70. The molecule has 0 unspecified atom stereocenters. The maximum absolute atomic E-state index is 13.0. The number of hydrogen-bond acceptors (Lipinski definition) is 4. The van der Waals surface area contributed by atoms with Crippen molar-refractivity contribution in [3.63, 3.8) is 0 Å². The highest BCUT2D eigenvalue weighted by atomic mass is 32.2. The van der Waals surface area contributed by atoms with E-state index in [1.807, 2.05) is 31.2 Å². The number of anilines is 2. The molecule has 0 fully saturated rings. The van der Waals surface area contributed by atoms with E-state index in [0.29, 0.717) is 18.7 Å². The lowest BCUT2D eigenvalue weighted by Crippen LogP contribution is -2.26. The topological polar surface area (TPSA) is 83.6 Å². The molecule has 0 saturated heterocycles. The average molecular weight is 415 g/mol. The molecule has 2 amide bonds. The van der Waals surface area contributed by atoms with Crippen molar-refractivity contribution in [1.29, 1.82) is 0 Å². The van der Waals surface area contributed by atoms with Gasteiger partial charge in [0.25, 0.3) is 0 Å². The van der Waals surface area contributed by atoms with E-state index >= 15 is 0 Å². The normalized spacial score (nSPS) is 14.4. The van der Waals surface area contributed by atoms with Crippen molar-refractivity contribution < 1.29 is 18.0 Å². The third kappa shape index (κ3) is 4.34. The van der Waals surface area contributed by atoms with Crippen LogP contribution in [0, 0.1) is 0 Å². The quantitative estimate of drug-likeness (QED) is 0.786. The zero-order valence-electron chi connectivity index (χ0n) is 16.9. The van der Waals surface area contributed by atoms with Gasteiger partial charge in [-0.2, -0.15) is 0 Å². The van der Waals surface area contributed by atoms with Gasteiger partial charge in [-0.25, -0.2) is 8.42 Å². The number of rotatable bonds is 6. The van der Waals surface area contributed by atoms with E-state index < -0.39 is 15.1 Å². The van der Waals surface area contributed by atoms with E-state index in [-0.39, 0.29) is 23.1 Å². The van der Waals surface area contributed by atoms with Gasteiger partial charge < -0.3 is 10.2 Å². The molecular formula is C22H26N2O4S. The average Bonchev–Trinajstić information content (AvgIpc) is 3.11. The largest absolute Gasteiger partial charge is 0.326 e. The lowest BCUT2D eigenvalue weighted by molar-refractivity contribution is -0.117. The minimum Gasteiger partial charge on any atom is -0.326 e. The number of benzene rings is 2. The molecule has 29 heavy (non-hydrogen) atoms. The smallest absolute Gasteiger partial charge is 0.225 e. The first-order valence-corrected chi connectivity index (χ1v) is 11.3. The van der Waals surface area contributed by atoms with Crippen LogP contribution in [-0.4, -0.2) is 32.0 Å². The van der Waals surface area contributed by atoms with Crippen LogP contribution in [-0.2, 0) is 32.3 Å². The molecule has 2 aromatic carbocycles. The molecular weight excluding hydrogens is 388 g/mol. The Morgan fingerprint density at radius 2 is 1.90 bits per heavy atom. The Hall–Kier alpha value is -2.67. The fourth-order valence-corrected chi connectivity index (χ4v) is 5.04. The summed E-state index contributed by atoms with van der Waals surface area (Å²) < 4.78 is 26.0. The Balaban J connectivity index is 1.74. The van der Waals surface area contributed by atoms with Crippen molar-refractivity contribution in [2.75, 3.05) is 16.8 Å². The van der Waals surface area contributed by atoms with Gasteiger partial charge in [0.1, 0.15) is 0 Å². The van der Waals surface area contributed by atoms with Crippen LogP contribution < -0.4 is 10.2 Å². The van der Waals surface area contributed by atoms with Crippen LogP contribution in [0.25, 0.3) is 0 Å². The number of nitrogens with one attached hydrogen (secondary N) is 1. The van der Waals surface area contributed by atoms with Crippen molar-refractivity contribution in [2.45, 2.75) is 50.2 Å². The number of carbonyl (C=O) groups is 2. The lowest BCUT2D eigenvalue weighted by atomic mass is 10.1. The summed E-state index contributed by atoms with van der Waals surface area (Å²) in [7, 11) is -3.67. The molecule has 7 heteroatoms. The third-order valence-corrected chi connectivity index (χ3v) is 7.47. The standard InChI is InChI=1S/C22H26N2O4S/c1-4-17-7-5-6-8-20(17)23-22(26)13-15(2)29(27,28)19-9-10-21-18(14-19)11-12-24(21)16(3)25/h5-10,14-15H,4,11-13H2,1-3H3,(H,23,26)/t15-/m0/s1. The predicted octanol–water partition coefficient (Wildman–Crippen LogP) is 3.35. The summed E-state index contributed by atoms with van der Waals surface area (Å²) >= 11 is 0. The van der Waals surface area contributed by atoms with E-state index in [0.717, 1.165) is 23.2 Å². The molecule has 0 bridgehead atoms. The zero-order chi connectivity index (χ0) is 21.2. The number of aryl methyl sites for hydroxylation is 1. The second-order valence-electron chi connectivity index (χ2n) is 7.33. The first kappa shape index (κ1) is 21.0. The lowest BCUT2D eigenvalue weighted by Gasteiger charge is -2.17. The van der Waals surface area contributed by atoms with E-state index in [1.54, 1.807) is 24.0 Å². The van der Waals surface area contributed by atoms with E-state index in [2.05, 4.69) is 5.32 Å². The summed E-state index contributed by atoms with van der Waals surface area (Å²) in [5, 5.41) is 1.97. The fraction of sp³-hybridized carbons (Fsp3) is 0.364. The molecule has 1 N–H and O–H groups in total. The van der Waals surface area contributed by atoms with Crippen LogP contribution in [0.1, 0.15) is 38.3 Å². The Labute approximate surface area is 171 Å². The summed E-state index contributed by atoms with van der Waals surface area (Å²) in [4.78, 5) is 26.0. The molecule has 0 aliphatic carbocycles. The Kier molecular flexibility index (Phi) is 6.07. The Morgan fingerprint density at radius 3 is 2.59 bits per heavy atom. The predicted molar refractivity (Wildman–Crippen MR) is 114 cm³/mol. The maximum Gasteiger partial charge on any atom is 0.225 e. The third-order valence-electron chi connectivity index (χ3n) is 5.33. The number of para-hydroxylation sites is 1. The van der Waals surface area contributed by atoms with Gasteiger partial charge in [0, 0.05) is 31.3 Å². The van der Waals surface area contributed by atoms with Crippen molar-refractivity contribution in [1.82, 2.24) is 0 Å². The van der Waals surface area contributed by atoms with Crippen LogP contribution in [0.2, 0.25) is 0 Å². The number of fused-ring (bicyclic) bond motifs is 1. The SMILES string of the molecule is CCc1ccccc1NC(=O)C[C@H](C)S(=O)(=O)c1ccc2c(c1)CCN2C(C)=O. The molecule has 0 saturated carbocycles. The van der Waals surface area contributed by atoms with Gasteiger partial charge in [-0.3, -0.25) is 9.59 Å². The van der Waals surface area contributed by atoms with Gasteiger partial charge in [0.15, 0.2) is 9.84 Å². The van der Waals surface area contributed by atoms with Crippen LogP contribution in [0.5, 0.6) is 0 Å². The summed E-state index contributed by atoms with van der Waals surface area (Å²) in [5.41, 5.74) is 3.32. The zero-order valence-corrected chi connectivity index (χ0v) is 17.8. The molecule has 0 spiro atoms. The minimum atomic E-state index is -3.67. The van der Waals surface area contributed by atoms with E-state index in [9.17, 15) is 18.0 Å². The van der Waals surface area contributed by atoms with Crippen molar-refractivity contribution >= 4 is 33.0 Å². The highest BCUT2D eigenvalue weighted by molar-refractivity contribution is 7.92. The van der Waals surface area contributed by atoms with Gasteiger partial charge in [-0.05, 0) is 55.2 Å². The molecule has 0 radical (unpaired) electrons. The van der Waals surface area contributed by atoms with Crippen LogP contribution in [0.4, 0.5) is 11.4 Å². The molecule has 1 aliphatic heterocycles. The van der Waals surface area contributed by atoms with Crippen LogP contribution in [0.15, 0.2) is 47.4 Å². The van der Waals surface area contributed by atoms with Crippen LogP contribution in [0.3, 0.4) is 0 Å². The number of sulfone groups is 1. The number of hydrogen-bond donors (Lipinski definition) is 1. The van der Waals surface area contributed by atoms with Crippen molar-refractivity contribution in [2.24, 2.45) is 0 Å². The maximum atomic E-state index is 13.0. The van der Waals surface area contributed by atoms with Gasteiger partial charge in [-0.1, -0.05) is 25.1 Å². The van der Waals surface area contributed by atoms with E-state index in [4.69, 9.17) is 0 Å². The molecule has 6 nitrogen and oxygen atoms in total. The summed E-state index contributed by atoms with van der Waals surface area (Å²) in [6, 6.07) is 12.3. The Bertz CT molecular complexity index is 1050. The number of amides is 2. The summed E-state index contributed by atoms with van der Waals surface area (Å²) in [5.74, 6) is -0.386. The molecule has 3 rings (SSSR count). The van der Waals surface area contributed by atoms with Gasteiger partial charge >= 0.3 is 0 Å². The first-order valence-electron chi connectivity index (χ1n) is 9.76. The highest BCUT2D eigenvalue weighted by Gasteiger charge is 2.29. The molecule has 2 aromatic rings. The van der Waals surface area contributed by atoms with Crippen LogP contribution >= 0.6 is 0 Å². The number of carbonyl (C=O) groups excluding carboxylic acids is 2. The van der Waals surface area contributed by atoms with Gasteiger partial charge in [0.05, 0.1) is 10.1 Å². The van der Waals surface area contributed by atoms with E-state index in [1.165, 1.54) is 13.0 Å². The Morgan fingerprint density at radius 1 is 1.17 bits per heavy atom. The molecule has 1 atom stereocenters. The monoisotopic (exact) mass is 414 g/mol. The summed E-state index contributed by atoms with van der Waals surface area (Å²) in [6.07, 6.45) is 1.27. The van der Waals surface area contributed by atoms with Gasteiger partial charge in [0.2, 0.25) is 11.8 Å². The highest BCUT2D eigenvalue weighted by Crippen LogP contribution is 2.31. The van der Waals surface area contributed by atoms with Crippen molar-refractivity contribution in [3.8, 4) is 0 Å². The minimum absolute atomic E-state index is 0.0586.